The highest BCUT2D eigenvalue weighted by molar-refractivity contribution is 7.83. The summed E-state index contributed by atoms with van der Waals surface area (Å²) in [5.74, 6) is 0. The molecule has 0 aromatic carbocycles. The molecule has 0 heterocycles. The van der Waals surface area contributed by atoms with Crippen LogP contribution in [0.3, 0.4) is 0 Å². The molecule has 0 saturated heterocycles. The maximum absolute atomic E-state index is 10.9. The van der Waals surface area contributed by atoms with E-state index in [1.165, 1.54) is 4.36 Å². The molecule has 0 bridgehead atoms. The van der Waals surface area contributed by atoms with Crippen molar-refractivity contribution in [3.63, 3.8) is 0 Å². The first-order chi connectivity index (χ1) is 3.42. The van der Waals surface area contributed by atoms with Crippen LogP contribution in [0.15, 0.2) is 4.36 Å². The molecule has 0 atom stereocenters. The number of carbonyl (C=O) groups is 1. The molecular weight excluding hydrogens is 147 g/mol. The summed E-state index contributed by atoms with van der Waals surface area (Å²) in [4.78, 5) is 8.97. The third kappa shape index (κ3) is 5.41. The van der Waals surface area contributed by atoms with Crippen molar-refractivity contribution in [3.05, 3.63) is 0 Å². The van der Waals surface area contributed by atoms with Gasteiger partial charge in [0.25, 0.3) is 0 Å². The summed E-state index contributed by atoms with van der Waals surface area (Å²) < 4.78 is 42.8. The number of halogens is 3. The predicted molar refractivity (Wildman–Crippen MR) is 19.3 cm³/mol. The van der Waals surface area contributed by atoms with Crippen molar-refractivity contribution < 1.29 is 21.2 Å². The lowest BCUT2D eigenvalue weighted by Gasteiger charge is -1.74. The van der Waals surface area contributed by atoms with E-state index in [-0.39, 0.29) is 0 Å². The van der Waals surface area contributed by atoms with Gasteiger partial charge in [0.05, 0.1) is 0 Å². The van der Waals surface area contributed by atoms with Gasteiger partial charge in [-0.25, -0.2) is 4.79 Å². The Kier molecular flexibility index (Phi) is 1.96. The molecular formula is CF3NO2S. The van der Waals surface area contributed by atoms with E-state index in [4.69, 9.17) is 9.00 Å². The highest BCUT2D eigenvalue weighted by Gasteiger charge is 2.04. The molecule has 48 valence electrons. The second kappa shape index (κ2) is 2.12. The maximum Gasteiger partial charge on any atom is 0.436 e. The summed E-state index contributed by atoms with van der Waals surface area (Å²) in [5, 5.41) is 0. The van der Waals surface area contributed by atoms with Crippen molar-refractivity contribution in [1.29, 1.82) is 0 Å². The Bertz CT molecular complexity index is 195. The quantitative estimate of drug-likeness (QED) is 0.383. The average Bonchev–Trinajstić information content (AvgIpc) is 1.21. The van der Waals surface area contributed by atoms with E-state index >= 15 is 0 Å². The van der Waals surface area contributed by atoms with Crippen molar-refractivity contribution >= 4 is 16.7 Å². The minimum Gasteiger partial charge on any atom is -0.231 e. The molecule has 0 fully saturated rings. The number of hydrogen-bond acceptors (Lipinski definition) is 2. The molecule has 0 saturated carbocycles. The van der Waals surface area contributed by atoms with Crippen molar-refractivity contribution in [3.8, 4) is 0 Å². The minimum absolute atomic E-state index is 1.30. The second-order valence-corrected chi connectivity index (χ2v) is 1.72. The minimum atomic E-state index is -5.57. The molecule has 0 rings (SSSR count). The fourth-order valence-electron chi connectivity index (χ4n) is 0.0836. The summed E-state index contributed by atoms with van der Waals surface area (Å²) in [6.07, 6.45) is -2.62. The van der Waals surface area contributed by atoms with Gasteiger partial charge in [0, 0.05) is 0 Å². The van der Waals surface area contributed by atoms with Crippen LogP contribution in [0, 0.1) is 0 Å². The zero-order valence-electron chi connectivity index (χ0n) is 3.31. The normalized spacial score (nSPS) is 10.9. The van der Waals surface area contributed by atoms with Gasteiger partial charge in [-0.3, -0.25) is 0 Å². The Balaban J connectivity index is 4.44. The van der Waals surface area contributed by atoms with Gasteiger partial charge in [0.1, 0.15) is 0 Å². The van der Waals surface area contributed by atoms with Crippen LogP contribution in [0.25, 0.3) is 0 Å². The van der Waals surface area contributed by atoms with E-state index in [1.54, 1.807) is 0 Å². The Hall–Kier alpha value is -0.590. The molecule has 0 spiro atoms. The van der Waals surface area contributed by atoms with E-state index in [0.717, 1.165) is 0 Å². The van der Waals surface area contributed by atoms with Crippen LogP contribution in [0.5, 0.6) is 0 Å². The Morgan fingerprint density at radius 2 is 1.88 bits per heavy atom. The molecule has 0 aromatic heterocycles. The molecule has 0 aliphatic carbocycles. The second-order valence-electron chi connectivity index (χ2n) is 0.741. The first kappa shape index (κ1) is 7.41. The van der Waals surface area contributed by atoms with Crippen molar-refractivity contribution in [2.75, 3.05) is 0 Å². The first-order valence-corrected chi connectivity index (χ1v) is 2.59. The molecule has 1 amide bonds. The van der Waals surface area contributed by atoms with E-state index in [1.807, 2.05) is 0 Å². The van der Waals surface area contributed by atoms with E-state index in [0.29, 0.717) is 0 Å². The Labute approximate surface area is 43.3 Å². The first-order valence-electron chi connectivity index (χ1n) is 1.27. The molecule has 0 aliphatic heterocycles. The van der Waals surface area contributed by atoms with Crippen molar-refractivity contribution in [2.45, 2.75) is 0 Å². The van der Waals surface area contributed by atoms with E-state index in [9.17, 15) is 12.2 Å². The number of carbonyl (C=O) groups excluding carboxylic acids is 1. The standard InChI is InChI=1S/CF3NO2S/c2-1(6)5-8(3,4)7. The highest BCUT2D eigenvalue weighted by Crippen LogP contribution is 1.99. The third-order valence-corrected chi connectivity index (χ3v) is 0.534. The van der Waals surface area contributed by atoms with E-state index < -0.39 is 16.7 Å². The zero-order valence-corrected chi connectivity index (χ0v) is 4.12. The SMILES string of the molecule is O=C(F)N=S(=O)(F)F. The van der Waals surface area contributed by atoms with Gasteiger partial charge in [0.2, 0.25) is 0 Å². The number of rotatable bonds is 0. The lowest BCUT2D eigenvalue weighted by molar-refractivity contribution is 0.231. The van der Waals surface area contributed by atoms with E-state index in [2.05, 4.69) is 0 Å². The van der Waals surface area contributed by atoms with Crippen molar-refractivity contribution in [1.82, 2.24) is 0 Å². The largest absolute Gasteiger partial charge is 0.436 e. The van der Waals surface area contributed by atoms with Crippen LogP contribution in [0.1, 0.15) is 0 Å². The lowest BCUT2D eigenvalue weighted by atomic mass is 11.4. The molecule has 0 N–H and O–H groups in total. The van der Waals surface area contributed by atoms with Crippen LogP contribution >= 0.6 is 0 Å². The Morgan fingerprint density at radius 1 is 1.50 bits per heavy atom. The number of amides is 1. The van der Waals surface area contributed by atoms with Crippen LogP contribution in [-0.2, 0) is 10.5 Å². The molecule has 8 heavy (non-hydrogen) atoms. The molecule has 0 radical (unpaired) electrons. The fraction of sp³-hybridized carbons (Fsp3) is 0. The van der Waals surface area contributed by atoms with Crippen LogP contribution in [0.4, 0.5) is 17.0 Å². The van der Waals surface area contributed by atoms with Crippen LogP contribution < -0.4 is 0 Å². The van der Waals surface area contributed by atoms with Gasteiger partial charge in [-0.15, -0.1) is 4.39 Å². The molecule has 0 unspecified atom stereocenters. The van der Waals surface area contributed by atoms with Gasteiger partial charge >= 0.3 is 16.7 Å². The fourth-order valence-corrected chi connectivity index (χ4v) is 0.251. The topological polar surface area (TPSA) is 46.5 Å². The molecule has 7 heteroatoms. The summed E-state index contributed by atoms with van der Waals surface area (Å²) in [6, 6.07) is 0. The summed E-state index contributed by atoms with van der Waals surface area (Å²) in [7, 11) is -5.57. The smallest absolute Gasteiger partial charge is 0.231 e. The molecule has 3 nitrogen and oxygen atoms in total. The maximum atomic E-state index is 10.9. The van der Waals surface area contributed by atoms with Crippen LogP contribution in [-0.4, -0.2) is 10.4 Å². The summed E-state index contributed by atoms with van der Waals surface area (Å²) in [5.41, 5.74) is 0. The zero-order chi connectivity index (χ0) is 6.78. The van der Waals surface area contributed by atoms with Crippen molar-refractivity contribution in [2.24, 2.45) is 4.36 Å². The summed E-state index contributed by atoms with van der Waals surface area (Å²) >= 11 is 0. The highest BCUT2D eigenvalue weighted by atomic mass is 32.3. The molecule has 0 aliphatic rings. The van der Waals surface area contributed by atoms with Gasteiger partial charge < -0.3 is 0 Å². The van der Waals surface area contributed by atoms with Gasteiger partial charge in [-0.1, -0.05) is 12.1 Å². The van der Waals surface area contributed by atoms with Crippen LogP contribution in [0.2, 0.25) is 0 Å². The third-order valence-electron chi connectivity index (χ3n) is 0.178. The Morgan fingerprint density at radius 3 is 1.88 bits per heavy atom. The van der Waals surface area contributed by atoms with Gasteiger partial charge in [-0.05, 0) is 0 Å². The summed E-state index contributed by atoms with van der Waals surface area (Å²) in [6.45, 7) is 0. The number of nitrogens with zero attached hydrogens (tertiary/aromatic N) is 1. The lowest BCUT2D eigenvalue weighted by Crippen LogP contribution is -1.82. The van der Waals surface area contributed by atoms with Gasteiger partial charge in [-0.2, -0.15) is 4.21 Å². The average molecular weight is 147 g/mol. The predicted octanol–water partition coefficient (Wildman–Crippen LogP) is 1.31. The monoisotopic (exact) mass is 147 g/mol. The number of hydrogen-bond donors (Lipinski definition) is 0. The van der Waals surface area contributed by atoms with Gasteiger partial charge in [0.15, 0.2) is 0 Å². The molecule has 0 aromatic rings.